The third kappa shape index (κ3) is 9.12. The molecule has 2 atom stereocenters. The molecule has 2 aliphatic heterocycles. The minimum Gasteiger partial charge on any atom is -0.371 e. The lowest BCUT2D eigenvalue weighted by atomic mass is 10.1. The van der Waals surface area contributed by atoms with E-state index in [0.717, 1.165) is 37.3 Å². The summed E-state index contributed by atoms with van der Waals surface area (Å²) in [5.74, 6) is -0.672. The summed E-state index contributed by atoms with van der Waals surface area (Å²) in [5.41, 5.74) is 4.18. The number of morpholine rings is 2. The molecule has 6 rings (SSSR count). The highest BCUT2D eigenvalue weighted by Gasteiger charge is 2.19. The number of halogens is 2. The number of nitrogens with one attached hydrogen (secondary N) is 4. The number of nitrogens with zero attached hydrogens (tertiary/aromatic N) is 4. The fourth-order valence-electron chi connectivity index (χ4n) is 4.80. The van der Waals surface area contributed by atoms with Gasteiger partial charge in [-0.1, -0.05) is 35.3 Å². The molecule has 0 radical (unpaired) electrons. The van der Waals surface area contributed by atoms with Crippen LogP contribution in [0.5, 0.6) is 0 Å². The van der Waals surface area contributed by atoms with Gasteiger partial charge in [0.05, 0.1) is 58.0 Å². The average Bonchev–Trinajstić information content (AvgIpc) is 3.14. The molecule has 4 heterocycles. The number of nitriles is 2. The number of amides is 2. The topological polar surface area (TPSA) is 174 Å². The number of pyridine rings is 2. The number of carbonyl (C=O) groups is 2. The monoisotopic (exact) mass is 684 g/mol. The Labute approximate surface area is 287 Å². The van der Waals surface area contributed by atoms with Crippen molar-refractivity contribution in [2.24, 2.45) is 0 Å². The van der Waals surface area contributed by atoms with Crippen molar-refractivity contribution in [1.29, 1.82) is 10.5 Å². The summed E-state index contributed by atoms with van der Waals surface area (Å²) in [7, 11) is 0. The van der Waals surface area contributed by atoms with Gasteiger partial charge < -0.3 is 30.7 Å². The van der Waals surface area contributed by atoms with Crippen LogP contribution in [0.1, 0.15) is 55.4 Å². The first-order chi connectivity index (χ1) is 23.3. The molecule has 0 spiro atoms. The lowest BCUT2D eigenvalue weighted by Crippen LogP contribution is -2.33. The van der Waals surface area contributed by atoms with Crippen LogP contribution in [0.3, 0.4) is 0 Å². The molecule has 12 nitrogen and oxygen atoms in total. The van der Waals surface area contributed by atoms with Crippen molar-refractivity contribution in [3.63, 3.8) is 0 Å². The van der Waals surface area contributed by atoms with Crippen LogP contribution in [0.25, 0.3) is 0 Å². The standard InChI is InChI=1S/2C17H15ClN4O2/c2*18-14-7-11(16-10-20-5-6-24-16)2-4-15(14)22-17(23)12-1-3-13(8-19)21-9-12/h2*1-4,7,9,16,20H,5-6,10H2,(H,22,23)/t2*16-/m10/s1. The summed E-state index contributed by atoms with van der Waals surface area (Å²) in [6.07, 6.45) is 2.64. The maximum absolute atomic E-state index is 12.2. The van der Waals surface area contributed by atoms with Gasteiger partial charge in [0.2, 0.25) is 0 Å². The lowest BCUT2D eigenvalue weighted by molar-refractivity contribution is 0.0276. The first-order valence-corrected chi connectivity index (χ1v) is 15.7. The molecule has 0 aliphatic carbocycles. The van der Waals surface area contributed by atoms with Crippen molar-refractivity contribution < 1.29 is 19.1 Å². The smallest absolute Gasteiger partial charge is 0.257 e. The quantitative estimate of drug-likeness (QED) is 0.215. The molecule has 14 heteroatoms. The molecule has 0 saturated carbocycles. The Morgan fingerprint density at radius 1 is 0.708 bits per heavy atom. The lowest BCUT2D eigenvalue weighted by Gasteiger charge is -2.24. The van der Waals surface area contributed by atoms with Crippen molar-refractivity contribution in [1.82, 2.24) is 20.6 Å². The van der Waals surface area contributed by atoms with E-state index in [-0.39, 0.29) is 35.4 Å². The van der Waals surface area contributed by atoms with Gasteiger partial charge in [0.15, 0.2) is 0 Å². The zero-order chi connectivity index (χ0) is 33.9. The van der Waals surface area contributed by atoms with Crippen molar-refractivity contribution >= 4 is 46.4 Å². The molecule has 0 unspecified atom stereocenters. The highest BCUT2D eigenvalue weighted by molar-refractivity contribution is 6.34. The van der Waals surface area contributed by atoms with E-state index in [1.165, 1.54) is 24.5 Å². The fraction of sp³-hybridized carbons (Fsp3) is 0.235. The molecule has 2 aliphatic rings. The van der Waals surface area contributed by atoms with Crippen molar-refractivity contribution in [2.75, 3.05) is 50.0 Å². The van der Waals surface area contributed by atoms with Gasteiger partial charge in [0.25, 0.3) is 11.8 Å². The van der Waals surface area contributed by atoms with Crippen LogP contribution in [-0.4, -0.2) is 61.2 Å². The van der Waals surface area contributed by atoms with Crippen LogP contribution in [0.4, 0.5) is 11.4 Å². The Kier molecular flexibility index (Phi) is 12.0. The van der Waals surface area contributed by atoms with Gasteiger partial charge in [-0.25, -0.2) is 9.97 Å². The first-order valence-electron chi connectivity index (χ1n) is 14.9. The van der Waals surface area contributed by atoms with E-state index in [9.17, 15) is 9.59 Å². The zero-order valence-electron chi connectivity index (χ0n) is 25.5. The van der Waals surface area contributed by atoms with E-state index in [4.69, 9.17) is 43.2 Å². The van der Waals surface area contributed by atoms with Gasteiger partial charge in [-0.2, -0.15) is 10.5 Å². The van der Waals surface area contributed by atoms with Crippen LogP contribution in [0, 0.1) is 22.7 Å². The molecule has 2 amide bonds. The minimum absolute atomic E-state index is 0.0382. The van der Waals surface area contributed by atoms with E-state index < -0.39 is 0 Å². The summed E-state index contributed by atoms with van der Waals surface area (Å²) in [6.45, 7) is 4.48. The van der Waals surface area contributed by atoms with Gasteiger partial charge in [0.1, 0.15) is 23.5 Å². The highest BCUT2D eigenvalue weighted by Crippen LogP contribution is 2.29. The molecule has 2 fully saturated rings. The van der Waals surface area contributed by atoms with Crippen molar-refractivity contribution in [3.8, 4) is 12.1 Å². The van der Waals surface area contributed by atoms with Crippen LogP contribution in [0.15, 0.2) is 73.1 Å². The van der Waals surface area contributed by atoms with Crippen LogP contribution in [-0.2, 0) is 9.47 Å². The number of aromatic nitrogens is 2. The van der Waals surface area contributed by atoms with Gasteiger partial charge >= 0.3 is 0 Å². The van der Waals surface area contributed by atoms with E-state index >= 15 is 0 Å². The molecule has 2 aromatic heterocycles. The Bertz CT molecular complexity index is 1700. The Morgan fingerprint density at radius 3 is 1.46 bits per heavy atom. The summed E-state index contributed by atoms with van der Waals surface area (Å²) >= 11 is 12.6. The van der Waals surface area contributed by atoms with Crippen molar-refractivity contribution in [3.05, 3.63) is 117 Å². The van der Waals surface area contributed by atoms with E-state index in [2.05, 4.69) is 31.2 Å². The Balaban J connectivity index is 0.000000188. The Morgan fingerprint density at radius 2 is 1.15 bits per heavy atom. The molecule has 0 bridgehead atoms. The summed E-state index contributed by atoms with van der Waals surface area (Å²) in [4.78, 5) is 32.2. The molecule has 4 aromatic rings. The third-order valence-corrected chi connectivity index (χ3v) is 7.99. The van der Waals surface area contributed by atoms with Crippen molar-refractivity contribution in [2.45, 2.75) is 12.2 Å². The number of rotatable bonds is 6. The molecular formula is C34H30Cl2N8O4. The van der Waals surface area contributed by atoms with Crippen LogP contribution < -0.4 is 21.3 Å². The molecule has 2 aromatic carbocycles. The molecule has 48 heavy (non-hydrogen) atoms. The Hall–Kier alpha value is -4.92. The molecule has 244 valence electrons. The number of anilines is 2. The number of benzene rings is 2. The maximum atomic E-state index is 12.2. The first kappa shape index (κ1) is 34.4. The van der Waals surface area contributed by atoms with Gasteiger partial charge in [-0.05, 0) is 59.7 Å². The van der Waals surface area contributed by atoms with Gasteiger partial charge in [-0.3, -0.25) is 9.59 Å². The summed E-state index contributed by atoms with van der Waals surface area (Å²) < 4.78 is 11.4. The number of hydrogen-bond acceptors (Lipinski definition) is 10. The second kappa shape index (κ2) is 16.8. The SMILES string of the molecule is N#Cc1ccc(C(=O)Nc2ccc([C@@H]3CNCCO3)cc2Cl)cn1.N#Cc1ccc(C(=O)Nc2ccc([C@H]3CNCCO3)cc2Cl)cn1. The maximum Gasteiger partial charge on any atom is 0.257 e. The molecular weight excluding hydrogens is 655 g/mol. The second-order valence-electron chi connectivity index (χ2n) is 10.6. The summed E-state index contributed by atoms with van der Waals surface area (Å²) in [6, 6.07) is 20.8. The molecule has 4 N–H and O–H groups in total. The predicted octanol–water partition coefficient (Wildman–Crippen LogP) is 5.04. The van der Waals surface area contributed by atoms with E-state index in [0.29, 0.717) is 45.8 Å². The zero-order valence-corrected chi connectivity index (χ0v) is 27.0. The average molecular weight is 686 g/mol. The third-order valence-electron chi connectivity index (χ3n) is 7.36. The number of carbonyl (C=O) groups excluding carboxylic acids is 2. The predicted molar refractivity (Wildman–Crippen MR) is 180 cm³/mol. The normalized spacial score (nSPS) is 17.1. The van der Waals surface area contributed by atoms with Crippen LogP contribution in [0.2, 0.25) is 10.0 Å². The number of ether oxygens (including phenoxy) is 2. The number of hydrogen-bond donors (Lipinski definition) is 4. The van der Waals surface area contributed by atoms with E-state index in [1.54, 1.807) is 36.4 Å². The summed E-state index contributed by atoms with van der Waals surface area (Å²) in [5, 5.41) is 30.3. The largest absolute Gasteiger partial charge is 0.371 e. The van der Waals surface area contributed by atoms with E-state index in [1.807, 2.05) is 24.3 Å². The van der Waals surface area contributed by atoms with Gasteiger partial charge in [0, 0.05) is 38.6 Å². The van der Waals surface area contributed by atoms with Gasteiger partial charge in [-0.15, -0.1) is 0 Å². The minimum atomic E-state index is -0.336. The molecule has 2 saturated heterocycles. The fourth-order valence-corrected chi connectivity index (χ4v) is 5.28. The van der Waals surface area contributed by atoms with Crippen LogP contribution >= 0.6 is 23.2 Å². The second-order valence-corrected chi connectivity index (χ2v) is 11.4. The highest BCUT2D eigenvalue weighted by atomic mass is 35.5.